The Labute approximate surface area is 121 Å². The van der Waals surface area contributed by atoms with Gasteiger partial charge in [-0.1, -0.05) is 37.5 Å². The van der Waals surface area contributed by atoms with Gasteiger partial charge in [-0.15, -0.1) is 0 Å². The van der Waals surface area contributed by atoms with E-state index in [-0.39, 0.29) is 5.91 Å². The van der Waals surface area contributed by atoms with Gasteiger partial charge >= 0.3 is 0 Å². The molecule has 0 bridgehead atoms. The minimum Gasteiger partial charge on any atom is -0.496 e. The van der Waals surface area contributed by atoms with Crippen LogP contribution in [0.4, 0.5) is 0 Å². The predicted octanol–water partition coefficient (Wildman–Crippen LogP) is 3.24. The number of methoxy groups -OCH3 is 1. The molecule has 2 atom stereocenters. The third kappa shape index (κ3) is 3.75. The Balaban J connectivity index is 1.99. The fourth-order valence-corrected chi connectivity index (χ4v) is 3.01. The number of nitrogens with one attached hydrogen (secondary N) is 1. The summed E-state index contributed by atoms with van der Waals surface area (Å²) in [4.78, 5) is 12.2. The van der Waals surface area contributed by atoms with E-state index in [1.807, 2.05) is 25.1 Å². The van der Waals surface area contributed by atoms with E-state index in [4.69, 9.17) is 4.74 Å². The quantitative estimate of drug-likeness (QED) is 0.916. The molecule has 1 aliphatic carbocycles. The highest BCUT2D eigenvalue weighted by molar-refractivity contribution is 5.79. The van der Waals surface area contributed by atoms with Crippen LogP contribution in [0, 0.1) is 12.8 Å². The Morgan fingerprint density at radius 3 is 2.80 bits per heavy atom. The Morgan fingerprint density at radius 1 is 1.35 bits per heavy atom. The van der Waals surface area contributed by atoms with Crippen LogP contribution >= 0.6 is 0 Å². The molecule has 0 heterocycles. The highest BCUT2D eigenvalue weighted by Crippen LogP contribution is 2.24. The first kappa shape index (κ1) is 14.9. The van der Waals surface area contributed by atoms with Crippen LogP contribution in [0.1, 0.15) is 43.7 Å². The number of carbonyl (C=O) groups excluding carboxylic acids is 1. The van der Waals surface area contributed by atoms with Crippen molar-refractivity contribution < 1.29 is 9.53 Å². The Bertz CT molecular complexity index is 470. The third-order valence-corrected chi connectivity index (χ3v) is 4.24. The molecular weight excluding hydrogens is 250 g/mol. The summed E-state index contributed by atoms with van der Waals surface area (Å²) >= 11 is 0. The lowest BCUT2D eigenvalue weighted by atomic mass is 9.86. The molecule has 1 aromatic rings. The largest absolute Gasteiger partial charge is 0.496 e. The van der Waals surface area contributed by atoms with Gasteiger partial charge in [-0.25, -0.2) is 0 Å². The molecule has 0 saturated heterocycles. The van der Waals surface area contributed by atoms with Crippen molar-refractivity contribution in [2.45, 2.75) is 52.0 Å². The second-order valence-corrected chi connectivity index (χ2v) is 5.93. The summed E-state index contributed by atoms with van der Waals surface area (Å²) < 4.78 is 5.33. The summed E-state index contributed by atoms with van der Waals surface area (Å²) in [6.07, 6.45) is 5.24. The molecule has 0 radical (unpaired) electrons. The molecule has 0 unspecified atom stereocenters. The van der Waals surface area contributed by atoms with Gasteiger partial charge in [0.2, 0.25) is 5.91 Å². The van der Waals surface area contributed by atoms with Gasteiger partial charge in [0.1, 0.15) is 5.75 Å². The number of carbonyl (C=O) groups is 1. The number of aryl methyl sites for hydroxylation is 1. The van der Waals surface area contributed by atoms with Crippen LogP contribution in [0.3, 0.4) is 0 Å². The van der Waals surface area contributed by atoms with Gasteiger partial charge in [0.15, 0.2) is 0 Å². The molecule has 110 valence electrons. The van der Waals surface area contributed by atoms with E-state index in [1.165, 1.54) is 19.3 Å². The Hall–Kier alpha value is -1.51. The second-order valence-electron chi connectivity index (χ2n) is 5.93. The number of ether oxygens (including phenoxy) is 1. The van der Waals surface area contributed by atoms with Gasteiger partial charge in [0.05, 0.1) is 13.5 Å². The molecule has 0 spiro atoms. The van der Waals surface area contributed by atoms with Crippen LogP contribution in [0.15, 0.2) is 18.2 Å². The summed E-state index contributed by atoms with van der Waals surface area (Å²) in [5.41, 5.74) is 2.12. The van der Waals surface area contributed by atoms with Crippen molar-refractivity contribution in [3.8, 4) is 5.75 Å². The normalized spacial score (nSPS) is 22.4. The summed E-state index contributed by atoms with van der Waals surface area (Å²) in [6, 6.07) is 6.31. The molecule has 1 N–H and O–H groups in total. The average molecular weight is 275 g/mol. The minimum atomic E-state index is 0.104. The molecule has 20 heavy (non-hydrogen) atoms. The first-order valence-electron chi connectivity index (χ1n) is 7.53. The second kappa shape index (κ2) is 6.78. The van der Waals surface area contributed by atoms with Crippen molar-refractivity contribution in [3.63, 3.8) is 0 Å². The molecule has 1 saturated carbocycles. The number of hydrogen-bond acceptors (Lipinski definition) is 2. The fraction of sp³-hybridized carbons (Fsp3) is 0.588. The van der Waals surface area contributed by atoms with Crippen molar-refractivity contribution in [2.75, 3.05) is 7.11 Å². The van der Waals surface area contributed by atoms with Gasteiger partial charge < -0.3 is 10.1 Å². The predicted molar refractivity (Wildman–Crippen MR) is 81.0 cm³/mol. The third-order valence-electron chi connectivity index (χ3n) is 4.24. The number of hydrogen-bond donors (Lipinski definition) is 1. The maximum absolute atomic E-state index is 12.2. The molecule has 1 aliphatic rings. The smallest absolute Gasteiger partial charge is 0.224 e. The monoisotopic (exact) mass is 275 g/mol. The molecule has 2 rings (SSSR count). The standard InChI is InChI=1S/C17H25NO2/c1-12-8-9-16(20-3)14(10-12)11-17(19)18-15-7-5-4-6-13(15)2/h8-10,13,15H,4-7,11H2,1-3H3,(H,18,19)/t13-,15+/m1/s1. The van der Waals surface area contributed by atoms with E-state index in [0.29, 0.717) is 18.4 Å². The highest BCUT2D eigenvalue weighted by atomic mass is 16.5. The molecule has 3 nitrogen and oxygen atoms in total. The lowest BCUT2D eigenvalue weighted by molar-refractivity contribution is -0.121. The first-order valence-corrected chi connectivity index (χ1v) is 7.53. The molecule has 1 fully saturated rings. The van der Waals surface area contributed by atoms with Crippen LogP contribution < -0.4 is 10.1 Å². The first-order chi connectivity index (χ1) is 9.60. The van der Waals surface area contributed by atoms with E-state index in [9.17, 15) is 4.79 Å². The zero-order chi connectivity index (χ0) is 14.5. The number of rotatable bonds is 4. The molecule has 0 aliphatic heterocycles. The number of benzene rings is 1. The van der Waals surface area contributed by atoms with Crippen LogP contribution in [-0.2, 0) is 11.2 Å². The summed E-state index contributed by atoms with van der Waals surface area (Å²) in [6.45, 7) is 4.27. The summed E-state index contributed by atoms with van der Waals surface area (Å²) in [7, 11) is 1.65. The van der Waals surface area contributed by atoms with Crippen molar-refractivity contribution in [2.24, 2.45) is 5.92 Å². The van der Waals surface area contributed by atoms with Gasteiger partial charge in [0, 0.05) is 11.6 Å². The minimum absolute atomic E-state index is 0.104. The van der Waals surface area contributed by atoms with Crippen LogP contribution in [0.5, 0.6) is 5.75 Å². The zero-order valence-electron chi connectivity index (χ0n) is 12.7. The van der Waals surface area contributed by atoms with E-state index in [1.54, 1.807) is 7.11 Å². The Morgan fingerprint density at radius 2 is 2.10 bits per heavy atom. The highest BCUT2D eigenvalue weighted by Gasteiger charge is 2.23. The SMILES string of the molecule is COc1ccc(C)cc1CC(=O)N[C@H]1CCCC[C@H]1C. The molecule has 0 aromatic heterocycles. The van der Waals surface area contributed by atoms with E-state index < -0.39 is 0 Å². The summed E-state index contributed by atoms with van der Waals surface area (Å²) in [5.74, 6) is 1.49. The lowest BCUT2D eigenvalue weighted by Crippen LogP contribution is -2.41. The van der Waals surface area contributed by atoms with Gasteiger partial charge in [-0.3, -0.25) is 4.79 Å². The summed E-state index contributed by atoms with van der Waals surface area (Å²) in [5, 5.41) is 3.19. The van der Waals surface area contributed by atoms with Gasteiger partial charge in [-0.2, -0.15) is 0 Å². The molecule has 1 amide bonds. The van der Waals surface area contributed by atoms with E-state index in [0.717, 1.165) is 23.3 Å². The van der Waals surface area contributed by atoms with Crippen LogP contribution in [-0.4, -0.2) is 19.1 Å². The lowest BCUT2D eigenvalue weighted by Gasteiger charge is -2.29. The van der Waals surface area contributed by atoms with Crippen molar-refractivity contribution in [1.82, 2.24) is 5.32 Å². The average Bonchev–Trinajstić information content (AvgIpc) is 2.41. The van der Waals surface area contributed by atoms with Crippen molar-refractivity contribution in [3.05, 3.63) is 29.3 Å². The van der Waals surface area contributed by atoms with Crippen LogP contribution in [0.25, 0.3) is 0 Å². The molecular formula is C17H25NO2. The van der Waals surface area contributed by atoms with Gasteiger partial charge in [-0.05, 0) is 31.7 Å². The zero-order valence-corrected chi connectivity index (χ0v) is 12.7. The number of amides is 1. The maximum atomic E-state index is 12.2. The maximum Gasteiger partial charge on any atom is 0.224 e. The topological polar surface area (TPSA) is 38.3 Å². The van der Waals surface area contributed by atoms with Gasteiger partial charge in [0.25, 0.3) is 0 Å². The van der Waals surface area contributed by atoms with Crippen LogP contribution in [0.2, 0.25) is 0 Å². The van der Waals surface area contributed by atoms with Crippen molar-refractivity contribution >= 4 is 5.91 Å². The molecule has 1 aromatic carbocycles. The Kier molecular flexibility index (Phi) is 5.05. The fourth-order valence-electron chi connectivity index (χ4n) is 3.01. The van der Waals surface area contributed by atoms with Crippen molar-refractivity contribution in [1.29, 1.82) is 0 Å². The van der Waals surface area contributed by atoms with E-state index in [2.05, 4.69) is 12.2 Å². The van der Waals surface area contributed by atoms with E-state index >= 15 is 0 Å². The molecule has 3 heteroatoms.